The Hall–Kier alpha value is -3.29. The van der Waals surface area contributed by atoms with Crippen molar-refractivity contribution >= 4 is 17.7 Å². The Balaban J connectivity index is 1.37. The number of hydrogen-bond acceptors (Lipinski definition) is 4. The Morgan fingerprint density at radius 1 is 1.14 bits per heavy atom. The zero-order valence-electron chi connectivity index (χ0n) is 20.5. The van der Waals surface area contributed by atoms with Crippen LogP contribution in [0.4, 0.5) is 4.39 Å². The Labute approximate surface area is 205 Å². The number of aromatic amines is 1. The van der Waals surface area contributed by atoms with Gasteiger partial charge in [-0.3, -0.25) is 24.4 Å². The van der Waals surface area contributed by atoms with Gasteiger partial charge in [0.05, 0.1) is 17.5 Å². The van der Waals surface area contributed by atoms with Crippen LogP contribution in [0.1, 0.15) is 45.2 Å². The third kappa shape index (κ3) is 5.36. The molecule has 186 valence electrons. The van der Waals surface area contributed by atoms with Gasteiger partial charge in [-0.05, 0) is 68.4 Å². The molecule has 0 radical (unpaired) electrons. The molecule has 2 heterocycles. The molecule has 3 amide bonds. The number of halogens is 1. The highest BCUT2D eigenvalue weighted by Crippen LogP contribution is 2.37. The fourth-order valence-corrected chi connectivity index (χ4v) is 5.03. The number of H-pyrrole nitrogens is 1. The Kier molecular flexibility index (Phi) is 7.48. The van der Waals surface area contributed by atoms with Gasteiger partial charge in [-0.15, -0.1) is 0 Å². The first-order valence-corrected chi connectivity index (χ1v) is 12.3. The second kappa shape index (κ2) is 10.5. The van der Waals surface area contributed by atoms with Gasteiger partial charge in [-0.1, -0.05) is 26.0 Å². The number of rotatable bonds is 9. The molecule has 0 spiro atoms. The first-order valence-electron chi connectivity index (χ1n) is 12.3. The summed E-state index contributed by atoms with van der Waals surface area (Å²) in [7, 11) is 1.73. The molecule has 3 unspecified atom stereocenters. The topological polar surface area (TPSA) is 86.4 Å². The van der Waals surface area contributed by atoms with Gasteiger partial charge in [0.1, 0.15) is 11.9 Å². The highest BCUT2D eigenvalue weighted by molar-refractivity contribution is 6.08. The maximum atomic E-state index is 13.4. The lowest BCUT2D eigenvalue weighted by Gasteiger charge is -2.31. The van der Waals surface area contributed by atoms with E-state index in [1.165, 1.54) is 17.0 Å². The van der Waals surface area contributed by atoms with E-state index in [9.17, 15) is 18.8 Å². The van der Waals surface area contributed by atoms with Crippen LogP contribution in [0.3, 0.4) is 0 Å². The Morgan fingerprint density at radius 2 is 1.77 bits per heavy atom. The summed E-state index contributed by atoms with van der Waals surface area (Å²) in [6.45, 7) is 4.48. The first-order chi connectivity index (χ1) is 16.8. The third-order valence-electron chi connectivity index (χ3n) is 6.92. The number of aryl methyl sites for hydroxylation is 1. The molecule has 1 aromatic heterocycles. The van der Waals surface area contributed by atoms with E-state index in [4.69, 9.17) is 0 Å². The fraction of sp³-hybridized carbons (Fsp3) is 0.481. The number of carbonyl (C=O) groups excluding carboxylic acids is 3. The molecule has 1 aliphatic carbocycles. The summed E-state index contributed by atoms with van der Waals surface area (Å²) >= 11 is 0. The number of aromatic nitrogens is 2. The third-order valence-corrected chi connectivity index (χ3v) is 6.92. The fourth-order valence-electron chi connectivity index (χ4n) is 5.03. The summed E-state index contributed by atoms with van der Waals surface area (Å²) in [6, 6.07) is 7.34. The van der Waals surface area contributed by atoms with E-state index < -0.39 is 6.04 Å². The number of likely N-dealkylation sites (N-methyl/N-ethyl adjacent to an activating group) is 1. The average Bonchev–Trinajstić information content (AvgIpc) is 3.41. The number of imide groups is 1. The average molecular weight is 481 g/mol. The van der Waals surface area contributed by atoms with E-state index in [2.05, 4.69) is 10.2 Å². The number of amides is 3. The maximum Gasteiger partial charge on any atom is 0.245 e. The maximum absolute atomic E-state index is 13.4. The van der Waals surface area contributed by atoms with E-state index in [1.54, 1.807) is 24.1 Å². The van der Waals surface area contributed by atoms with Crippen LogP contribution in [0.25, 0.3) is 11.3 Å². The van der Waals surface area contributed by atoms with Crippen LogP contribution >= 0.6 is 0 Å². The van der Waals surface area contributed by atoms with Crippen molar-refractivity contribution in [1.29, 1.82) is 0 Å². The molecule has 4 rings (SSSR count). The van der Waals surface area contributed by atoms with Gasteiger partial charge in [0.2, 0.25) is 17.7 Å². The number of hydrogen-bond donors (Lipinski definition) is 1. The Bertz CT molecular complexity index is 1080. The first kappa shape index (κ1) is 24.8. The van der Waals surface area contributed by atoms with E-state index in [-0.39, 0.29) is 41.3 Å². The molecule has 0 bridgehead atoms. The quantitative estimate of drug-likeness (QED) is 0.435. The summed E-state index contributed by atoms with van der Waals surface area (Å²) in [6.07, 6.45) is 6.87. The molecule has 1 aliphatic heterocycles. The summed E-state index contributed by atoms with van der Waals surface area (Å²) < 4.78 is 13.2. The number of fused-ring (bicyclic) bond motifs is 1. The molecule has 3 atom stereocenters. The van der Waals surface area contributed by atoms with Crippen molar-refractivity contribution < 1.29 is 18.8 Å². The lowest BCUT2D eigenvalue weighted by Crippen LogP contribution is -2.51. The molecule has 0 saturated carbocycles. The van der Waals surface area contributed by atoms with E-state index in [0.29, 0.717) is 38.6 Å². The second-order valence-electron chi connectivity index (χ2n) is 10.00. The van der Waals surface area contributed by atoms with Crippen molar-refractivity contribution in [3.05, 3.63) is 54.0 Å². The van der Waals surface area contributed by atoms with Crippen molar-refractivity contribution in [2.45, 2.75) is 52.0 Å². The molecule has 1 N–H and O–H groups in total. The second-order valence-corrected chi connectivity index (χ2v) is 10.00. The van der Waals surface area contributed by atoms with Crippen LogP contribution in [0.5, 0.6) is 0 Å². The number of allylic oxidation sites excluding steroid dienone is 2. The van der Waals surface area contributed by atoms with Crippen molar-refractivity contribution in [3.8, 4) is 11.3 Å². The summed E-state index contributed by atoms with van der Waals surface area (Å²) in [5.74, 6) is -1.41. The van der Waals surface area contributed by atoms with Crippen LogP contribution in [-0.4, -0.2) is 57.4 Å². The van der Waals surface area contributed by atoms with Gasteiger partial charge < -0.3 is 4.90 Å². The molecular weight excluding hydrogens is 447 g/mol. The smallest absolute Gasteiger partial charge is 0.245 e. The van der Waals surface area contributed by atoms with Gasteiger partial charge in [0.15, 0.2) is 0 Å². The van der Waals surface area contributed by atoms with Gasteiger partial charge in [0, 0.05) is 24.8 Å². The van der Waals surface area contributed by atoms with Crippen LogP contribution in [-0.2, 0) is 20.8 Å². The normalized spacial score (nSPS) is 20.4. The molecule has 2 aromatic rings. The highest BCUT2D eigenvalue weighted by Gasteiger charge is 2.51. The van der Waals surface area contributed by atoms with Crippen LogP contribution in [0.15, 0.2) is 42.5 Å². The number of likely N-dealkylation sites (tertiary alicyclic amines) is 1. The number of nitrogens with zero attached hydrogens (tertiary/aromatic N) is 3. The predicted molar refractivity (Wildman–Crippen MR) is 130 cm³/mol. The molecule has 35 heavy (non-hydrogen) atoms. The van der Waals surface area contributed by atoms with E-state index in [1.807, 2.05) is 32.1 Å². The monoisotopic (exact) mass is 480 g/mol. The molecule has 1 saturated heterocycles. The zero-order valence-corrected chi connectivity index (χ0v) is 20.5. The zero-order chi connectivity index (χ0) is 25.1. The Morgan fingerprint density at radius 3 is 2.37 bits per heavy atom. The number of nitrogens with one attached hydrogen (secondary N) is 1. The minimum atomic E-state index is -0.761. The molecule has 1 fully saturated rings. The van der Waals surface area contributed by atoms with Crippen LogP contribution < -0.4 is 0 Å². The molecule has 1 aromatic carbocycles. The van der Waals surface area contributed by atoms with Crippen LogP contribution in [0.2, 0.25) is 0 Å². The highest BCUT2D eigenvalue weighted by atomic mass is 19.1. The van der Waals surface area contributed by atoms with Crippen molar-refractivity contribution in [1.82, 2.24) is 20.0 Å². The lowest BCUT2D eigenvalue weighted by atomic mass is 9.85. The van der Waals surface area contributed by atoms with Crippen molar-refractivity contribution in [2.24, 2.45) is 17.8 Å². The van der Waals surface area contributed by atoms with E-state index in [0.717, 1.165) is 17.0 Å². The van der Waals surface area contributed by atoms with Crippen LogP contribution in [0, 0.1) is 23.6 Å². The molecular formula is C27H33FN4O3. The summed E-state index contributed by atoms with van der Waals surface area (Å²) in [5, 5.41) is 7.30. The predicted octanol–water partition coefficient (Wildman–Crippen LogP) is 3.97. The van der Waals surface area contributed by atoms with Gasteiger partial charge >= 0.3 is 0 Å². The van der Waals surface area contributed by atoms with Gasteiger partial charge in [0.25, 0.3) is 0 Å². The van der Waals surface area contributed by atoms with E-state index >= 15 is 0 Å². The summed E-state index contributed by atoms with van der Waals surface area (Å²) in [4.78, 5) is 42.5. The molecule has 7 nitrogen and oxygen atoms in total. The lowest BCUT2D eigenvalue weighted by molar-refractivity contribution is -0.151. The van der Waals surface area contributed by atoms with Gasteiger partial charge in [-0.2, -0.15) is 5.10 Å². The minimum absolute atomic E-state index is 0.161. The summed E-state index contributed by atoms with van der Waals surface area (Å²) in [5.41, 5.74) is 2.49. The number of benzene rings is 1. The standard InChI is InChI=1S/C27H33FN4O3/c1-17(2)15-24(32-25(33)21-8-4-5-9-22(21)26(32)34)27(35)31(3)14-6-7-20-16-23(30-29-20)18-10-12-19(28)13-11-18/h4-5,10-13,16-17,21-22,24H,6-9,14-15H2,1-3H3,(H,29,30). The largest absolute Gasteiger partial charge is 0.344 e. The van der Waals surface area contributed by atoms with Gasteiger partial charge in [-0.25, -0.2) is 4.39 Å². The SMILES string of the molecule is CC(C)CC(C(=O)N(C)CCCc1cc(-c2ccc(F)cc2)n[nH]1)N1C(=O)C2CC=CCC2C1=O. The minimum Gasteiger partial charge on any atom is -0.344 e. The van der Waals surface area contributed by atoms with Crippen molar-refractivity contribution in [2.75, 3.05) is 13.6 Å². The molecule has 2 aliphatic rings. The van der Waals surface area contributed by atoms with Crippen molar-refractivity contribution in [3.63, 3.8) is 0 Å². The number of carbonyl (C=O) groups is 3. The molecule has 8 heteroatoms.